The van der Waals surface area contributed by atoms with Gasteiger partial charge in [0.05, 0.1) is 13.7 Å². The van der Waals surface area contributed by atoms with Crippen molar-refractivity contribution < 1.29 is 4.74 Å². The van der Waals surface area contributed by atoms with E-state index in [9.17, 15) is 4.79 Å². The van der Waals surface area contributed by atoms with Crippen LogP contribution in [0.25, 0.3) is 0 Å². The van der Waals surface area contributed by atoms with Crippen LogP contribution in [0.2, 0.25) is 0 Å². The third-order valence-electron chi connectivity index (χ3n) is 2.35. The quantitative estimate of drug-likeness (QED) is 0.790. The fraction of sp³-hybridized carbons (Fsp3) is 0.250. The number of pyridine rings is 1. The first-order valence-electron chi connectivity index (χ1n) is 5.22. The lowest BCUT2D eigenvalue weighted by Gasteiger charge is -2.10. The number of aryl methyl sites for hydroxylation is 1. The second-order valence-corrected chi connectivity index (χ2v) is 3.67. The van der Waals surface area contributed by atoms with E-state index in [0.717, 1.165) is 5.56 Å². The SMILES string of the molecule is COc1nc(C)cc(=O)n1Cc1cccnc1. The Morgan fingerprint density at radius 2 is 2.29 bits per heavy atom. The van der Waals surface area contributed by atoms with Crippen molar-refractivity contribution in [1.29, 1.82) is 0 Å². The smallest absolute Gasteiger partial charge is 0.299 e. The van der Waals surface area contributed by atoms with Crippen LogP contribution in [-0.4, -0.2) is 21.6 Å². The molecule has 0 fully saturated rings. The van der Waals surface area contributed by atoms with Gasteiger partial charge < -0.3 is 4.74 Å². The van der Waals surface area contributed by atoms with Crippen molar-refractivity contribution in [3.8, 4) is 6.01 Å². The highest BCUT2D eigenvalue weighted by molar-refractivity contribution is 5.13. The van der Waals surface area contributed by atoms with Crippen molar-refractivity contribution in [2.24, 2.45) is 0 Å². The average Bonchev–Trinajstić information content (AvgIpc) is 2.33. The molecule has 0 amide bonds. The number of hydrogen-bond acceptors (Lipinski definition) is 4. The Hall–Kier alpha value is -2.17. The van der Waals surface area contributed by atoms with Crippen LogP contribution in [0.4, 0.5) is 0 Å². The van der Waals surface area contributed by atoms with Crippen LogP contribution in [0, 0.1) is 6.92 Å². The molecule has 0 radical (unpaired) electrons. The highest BCUT2D eigenvalue weighted by Crippen LogP contribution is 2.07. The molecule has 2 aromatic rings. The first kappa shape index (κ1) is 11.3. The molecule has 5 heteroatoms. The Kier molecular flexibility index (Phi) is 3.18. The second-order valence-electron chi connectivity index (χ2n) is 3.67. The second kappa shape index (κ2) is 4.78. The molecule has 2 heterocycles. The van der Waals surface area contributed by atoms with Crippen molar-refractivity contribution in [2.75, 3.05) is 7.11 Å². The molecule has 17 heavy (non-hydrogen) atoms. The molecular weight excluding hydrogens is 218 g/mol. The lowest BCUT2D eigenvalue weighted by Crippen LogP contribution is -2.23. The van der Waals surface area contributed by atoms with E-state index in [4.69, 9.17) is 4.74 Å². The van der Waals surface area contributed by atoms with Gasteiger partial charge in [-0.15, -0.1) is 0 Å². The maximum absolute atomic E-state index is 11.8. The van der Waals surface area contributed by atoms with Gasteiger partial charge in [-0.25, -0.2) is 4.98 Å². The molecule has 0 bridgehead atoms. The summed E-state index contributed by atoms with van der Waals surface area (Å²) in [6.07, 6.45) is 3.41. The summed E-state index contributed by atoms with van der Waals surface area (Å²) in [5.41, 5.74) is 1.45. The molecule has 0 aliphatic heterocycles. The lowest BCUT2D eigenvalue weighted by atomic mass is 10.3. The number of rotatable bonds is 3. The van der Waals surface area contributed by atoms with E-state index in [-0.39, 0.29) is 5.56 Å². The largest absolute Gasteiger partial charge is 0.468 e. The molecule has 0 N–H and O–H groups in total. The summed E-state index contributed by atoms with van der Waals surface area (Å²) in [7, 11) is 1.50. The number of hydrogen-bond donors (Lipinski definition) is 0. The van der Waals surface area contributed by atoms with E-state index in [1.165, 1.54) is 17.7 Å². The fourth-order valence-electron chi connectivity index (χ4n) is 1.57. The van der Waals surface area contributed by atoms with Gasteiger partial charge in [0.1, 0.15) is 0 Å². The highest BCUT2D eigenvalue weighted by Gasteiger charge is 2.07. The van der Waals surface area contributed by atoms with E-state index >= 15 is 0 Å². The zero-order valence-electron chi connectivity index (χ0n) is 9.75. The van der Waals surface area contributed by atoms with Gasteiger partial charge in [-0.1, -0.05) is 6.07 Å². The van der Waals surface area contributed by atoms with Crippen LogP contribution in [0.15, 0.2) is 35.4 Å². The van der Waals surface area contributed by atoms with E-state index in [0.29, 0.717) is 18.2 Å². The fourth-order valence-corrected chi connectivity index (χ4v) is 1.57. The van der Waals surface area contributed by atoms with Crippen LogP contribution in [0.3, 0.4) is 0 Å². The Morgan fingerprint density at radius 3 is 2.94 bits per heavy atom. The predicted octanol–water partition coefficient (Wildman–Crippen LogP) is 1.00. The van der Waals surface area contributed by atoms with Crippen molar-refractivity contribution in [2.45, 2.75) is 13.5 Å². The van der Waals surface area contributed by atoms with Crippen molar-refractivity contribution >= 4 is 0 Å². The van der Waals surface area contributed by atoms with Gasteiger partial charge in [0.15, 0.2) is 0 Å². The maximum atomic E-state index is 11.8. The molecule has 5 nitrogen and oxygen atoms in total. The maximum Gasteiger partial charge on any atom is 0.299 e. The van der Waals surface area contributed by atoms with Crippen molar-refractivity contribution in [1.82, 2.24) is 14.5 Å². The normalized spacial score (nSPS) is 10.2. The third-order valence-corrected chi connectivity index (χ3v) is 2.35. The molecule has 0 saturated heterocycles. The van der Waals surface area contributed by atoms with Gasteiger partial charge in [-0.3, -0.25) is 14.3 Å². The number of methoxy groups -OCH3 is 1. The molecule has 0 unspecified atom stereocenters. The zero-order valence-corrected chi connectivity index (χ0v) is 9.75. The predicted molar refractivity (Wildman–Crippen MR) is 63.1 cm³/mol. The minimum absolute atomic E-state index is 0.127. The summed E-state index contributed by atoms with van der Waals surface area (Å²) in [4.78, 5) is 20.0. The number of nitrogens with zero attached hydrogens (tertiary/aromatic N) is 3. The molecule has 0 saturated carbocycles. The van der Waals surface area contributed by atoms with Crippen LogP contribution in [0.5, 0.6) is 6.01 Å². The van der Waals surface area contributed by atoms with Crippen molar-refractivity contribution in [3.63, 3.8) is 0 Å². The van der Waals surface area contributed by atoms with Gasteiger partial charge in [-0.05, 0) is 18.6 Å². The summed E-state index contributed by atoms with van der Waals surface area (Å²) in [5.74, 6) is 0. The molecular formula is C12H13N3O2. The first-order valence-corrected chi connectivity index (χ1v) is 5.22. The van der Waals surface area contributed by atoms with Gasteiger partial charge in [0, 0.05) is 24.2 Å². The van der Waals surface area contributed by atoms with Gasteiger partial charge in [0.2, 0.25) is 0 Å². The Morgan fingerprint density at radius 1 is 1.47 bits per heavy atom. The minimum Gasteiger partial charge on any atom is -0.468 e. The molecule has 2 aromatic heterocycles. The zero-order chi connectivity index (χ0) is 12.3. The molecule has 0 aromatic carbocycles. The molecule has 2 rings (SSSR count). The molecule has 0 aliphatic rings. The number of ether oxygens (including phenoxy) is 1. The van der Waals surface area contributed by atoms with Gasteiger partial charge in [-0.2, -0.15) is 0 Å². The first-order chi connectivity index (χ1) is 8.20. The van der Waals surface area contributed by atoms with E-state index in [1.54, 1.807) is 19.3 Å². The third kappa shape index (κ3) is 2.50. The minimum atomic E-state index is -0.127. The Balaban J connectivity index is 2.42. The molecule has 88 valence electrons. The molecule has 0 spiro atoms. The highest BCUT2D eigenvalue weighted by atomic mass is 16.5. The Bertz CT molecular complexity index is 564. The van der Waals surface area contributed by atoms with Crippen LogP contribution in [-0.2, 0) is 6.54 Å². The van der Waals surface area contributed by atoms with E-state index in [2.05, 4.69) is 9.97 Å². The summed E-state index contributed by atoms with van der Waals surface area (Å²) in [6.45, 7) is 2.17. The van der Waals surface area contributed by atoms with Crippen LogP contribution in [0.1, 0.15) is 11.3 Å². The Labute approximate surface area is 98.7 Å². The molecule has 0 aliphatic carbocycles. The summed E-state index contributed by atoms with van der Waals surface area (Å²) in [6, 6.07) is 5.53. The van der Waals surface area contributed by atoms with Gasteiger partial charge >= 0.3 is 0 Å². The monoisotopic (exact) mass is 231 g/mol. The standard InChI is InChI=1S/C12H13N3O2/c1-9-6-11(16)15(12(14-9)17-2)8-10-4-3-5-13-7-10/h3-7H,8H2,1-2H3. The summed E-state index contributed by atoms with van der Waals surface area (Å²) >= 11 is 0. The topological polar surface area (TPSA) is 57.0 Å². The van der Waals surface area contributed by atoms with E-state index < -0.39 is 0 Å². The summed E-state index contributed by atoms with van der Waals surface area (Å²) in [5, 5.41) is 0. The average molecular weight is 231 g/mol. The van der Waals surface area contributed by atoms with Crippen LogP contribution >= 0.6 is 0 Å². The van der Waals surface area contributed by atoms with Crippen molar-refractivity contribution in [3.05, 3.63) is 52.2 Å². The van der Waals surface area contributed by atoms with Gasteiger partial charge in [0.25, 0.3) is 11.6 Å². The van der Waals surface area contributed by atoms with Crippen LogP contribution < -0.4 is 10.3 Å². The van der Waals surface area contributed by atoms with E-state index in [1.807, 2.05) is 12.1 Å². The lowest BCUT2D eigenvalue weighted by molar-refractivity contribution is 0.350. The number of aromatic nitrogens is 3. The summed E-state index contributed by atoms with van der Waals surface area (Å²) < 4.78 is 6.59. The molecule has 0 atom stereocenters.